The standard InChI is InChI=1S/C13H17BrClNO/c1-8-3-9(2)5-11(4-8)17-13-12(15)6-10(14)7-16-13/h6-9,11H,3-5H2,1-2H3. The van der Waals surface area contributed by atoms with E-state index in [0.29, 0.717) is 10.9 Å². The molecule has 1 fully saturated rings. The third-order valence-corrected chi connectivity index (χ3v) is 3.89. The van der Waals surface area contributed by atoms with Crippen molar-refractivity contribution in [2.45, 2.75) is 39.2 Å². The number of aromatic nitrogens is 1. The van der Waals surface area contributed by atoms with Gasteiger partial charge < -0.3 is 4.74 Å². The van der Waals surface area contributed by atoms with Crippen molar-refractivity contribution in [3.63, 3.8) is 0 Å². The van der Waals surface area contributed by atoms with Crippen LogP contribution in [0.3, 0.4) is 0 Å². The molecule has 0 aromatic carbocycles. The second-order valence-corrected chi connectivity index (χ2v) is 6.42. The number of nitrogens with zero attached hydrogens (tertiary/aromatic N) is 1. The molecule has 4 heteroatoms. The van der Waals surface area contributed by atoms with Crippen molar-refractivity contribution in [2.75, 3.05) is 0 Å². The van der Waals surface area contributed by atoms with E-state index >= 15 is 0 Å². The Hall–Kier alpha value is -0.280. The number of rotatable bonds is 2. The highest BCUT2D eigenvalue weighted by atomic mass is 79.9. The lowest BCUT2D eigenvalue weighted by atomic mass is 9.82. The van der Waals surface area contributed by atoms with Crippen LogP contribution >= 0.6 is 27.5 Å². The third-order valence-electron chi connectivity index (χ3n) is 3.19. The molecule has 0 spiro atoms. The Kier molecular flexibility index (Phi) is 4.31. The summed E-state index contributed by atoms with van der Waals surface area (Å²) in [5.74, 6) is 2.00. The van der Waals surface area contributed by atoms with Gasteiger partial charge in [-0.15, -0.1) is 0 Å². The Labute approximate surface area is 116 Å². The van der Waals surface area contributed by atoms with E-state index in [1.807, 2.05) is 6.07 Å². The van der Waals surface area contributed by atoms with Crippen LogP contribution in [0.2, 0.25) is 5.02 Å². The first kappa shape index (κ1) is 13.2. The van der Waals surface area contributed by atoms with Crippen molar-refractivity contribution in [3.8, 4) is 5.88 Å². The van der Waals surface area contributed by atoms with Gasteiger partial charge in [-0.05, 0) is 53.1 Å². The molecular formula is C13H17BrClNO. The van der Waals surface area contributed by atoms with E-state index in [4.69, 9.17) is 16.3 Å². The molecule has 0 saturated heterocycles. The number of hydrogen-bond acceptors (Lipinski definition) is 2. The number of ether oxygens (including phenoxy) is 1. The summed E-state index contributed by atoms with van der Waals surface area (Å²) in [7, 11) is 0. The lowest BCUT2D eigenvalue weighted by molar-refractivity contribution is 0.0968. The van der Waals surface area contributed by atoms with E-state index in [-0.39, 0.29) is 6.10 Å². The molecule has 1 heterocycles. The zero-order chi connectivity index (χ0) is 12.4. The fourth-order valence-corrected chi connectivity index (χ4v) is 3.29. The minimum atomic E-state index is 0.250. The second kappa shape index (κ2) is 5.57. The predicted octanol–water partition coefficient (Wildman–Crippen LogP) is 4.70. The molecular weight excluding hydrogens is 302 g/mol. The van der Waals surface area contributed by atoms with E-state index < -0.39 is 0 Å². The molecule has 17 heavy (non-hydrogen) atoms. The smallest absolute Gasteiger partial charge is 0.232 e. The van der Waals surface area contributed by atoms with Gasteiger partial charge in [0.15, 0.2) is 0 Å². The first-order valence-corrected chi connectivity index (χ1v) is 7.19. The summed E-state index contributed by atoms with van der Waals surface area (Å²) in [5.41, 5.74) is 0. The van der Waals surface area contributed by atoms with Crippen LogP contribution in [0.25, 0.3) is 0 Å². The van der Waals surface area contributed by atoms with E-state index in [9.17, 15) is 0 Å². The van der Waals surface area contributed by atoms with Gasteiger partial charge in [0.25, 0.3) is 0 Å². The van der Waals surface area contributed by atoms with Crippen molar-refractivity contribution in [2.24, 2.45) is 11.8 Å². The maximum atomic E-state index is 6.10. The molecule has 2 atom stereocenters. The predicted molar refractivity (Wildman–Crippen MR) is 73.5 cm³/mol. The normalized spacial score (nSPS) is 29.1. The summed E-state index contributed by atoms with van der Waals surface area (Å²) < 4.78 is 6.79. The average molecular weight is 319 g/mol. The Morgan fingerprint density at radius 3 is 2.53 bits per heavy atom. The lowest BCUT2D eigenvalue weighted by Gasteiger charge is -2.31. The molecule has 2 nitrogen and oxygen atoms in total. The first-order chi connectivity index (χ1) is 8.04. The fourth-order valence-electron chi connectivity index (χ4n) is 2.62. The number of hydrogen-bond donors (Lipinski definition) is 0. The molecule has 1 saturated carbocycles. The summed E-state index contributed by atoms with van der Waals surface area (Å²) >= 11 is 9.44. The monoisotopic (exact) mass is 317 g/mol. The Balaban J connectivity index is 2.04. The molecule has 1 aliphatic carbocycles. The Bertz CT molecular complexity index is 389. The van der Waals surface area contributed by atoms with Crippen LogP contribution in [0.4, 0.5) is 0 Å². The first-order valence-electron chi connectivity index (χ1n) is 6.02. The van der Waals surface area contributed by atoms with Gasteiger partial charge in [-0.2, -0.15) is 0 Å². The Morgan fingerprint density at radius 1 is 1.29 bits per heavy atom. The van der Waals surface area contributed by atoms with Gasteiger partial charge in [0.2, 0.25) is 5.88 Å². The molecule has 2 unspecified atom stereocenters. The van der Waals surface area contributed by atoms with Gasteiger partial charge >= 0.3 is 0 Å². The highest BCUT2D eigenvalue weighted by Gasteiger charge is 2.26. The summed E-state index contributed by atoms with van der Waals surface area (Å²) in [4.78, 5) is 4.22. The van der Waals surface area contributed by atoms with Crippen molar-refractivity contribution < 1.29 is 4.74 Å². The van der Waals surface area contributed by atoms with Crippen molar-refractivity contribution >= 4 is 27.5 Å². The molecule has 0 amide bonds. The maximum Gasteiger partial charge on any atom is 0.232 e. The van der Waals surface area contributed by atoms with Gasteiger partial charge in [0.1, 0.15) is 11.1 Å². The lowest BCUT2D eigenvalue weighted by Crippen LogP contribution is -2.28. The quantitative estimate of drug-likeness (QED) is 0.788. The van der Waals surface area contributed by atoms with E-state index in [0.717, 1.165) is 29.2 Å². The SMILES string of the molecule is CC1CC(C)CC(Oc2ncc(Br)cc2Cl)C1. The van der Waals surface area contributed by atoms with E-state index in [1.165, 1.54) is 6.42 Å². The van der Waals surface area contributed by atoms with Crippen LogP contribution in [0, 0.1) is 11.8 Å². The molecule has 2 rings (SSSR count). The van der Waals surface area contributed by atoms with Crippen molar-refractivity contribution in [1.82, 2.24) is 4.98 Å². The molecule has 0 bridgehead atoms. The fraction of sp³-hybridized carbons (Fsp3) is 0.615. The largest absolute Gasteiger partial charge is 0.473 e. The van der Waals surface area contributed by atoms with Crippen LogP contribution in [0.1, 0.15) is 33.1 Å². The van der Waals surface area contributed by atoms with Gasteiger partial charge in [-0.3, -0.25) is 0 Å². The highest BCUT2D eigenvalue weighted by molar-refractivity contribution is 9.10. The van der Waals surface area contributed by atoms with Crippen molar-refractivity contribution in [3.05, 3.63) is 21.8 Å². The zero-order valence-electron chi connectivity index (χ0n) is 10.1. The molecule has 0 aliphatic heterocycles. The Morgan fingerprint density at radius 2 is 1.94 bits per heavy atom. The minimum Gasteiger partial charge on any atom is -0.473 e. The van der Waals surface area contributed by atoms with Gasteiger partial charge in [0.05, 0.1) is 0 Å². The molecule has 1 aromatic heterocycles. The summed E-state index contributed by atoms with van der Waals surface area (Å²) in [5, 5.41) is 0.574. The molecule has 94 valence electrons. The summed E-state index contributed by atoms with van der Waals surface area (Å²) in [6.07, 6.45) is 5.45. The highest BCUT2D eigenvalue weighted by Crippen LogP contribution is 2.33. The molecule has 1 aliphatic rings. The van der Waals surface area contributed by atoms with E-state index in [2.05, 4.69) is 34.8 Å². The maximum absolute atomic E-state index is 6.10. The average Bonchev–Trinajstić information content (AvgIpc) is 2.21. The minimum absolute atomic E-state index is 0.250. The van der Waals surface area contributed by atoms with Gasteiger partial charge in [0, 0.05) is 10.7 Å². The summed E-state index contributed by atoms with van der Waals surface area (Å²) in [6.45, 7) is 4.56. The number of halogens is 2. The number of pyridine rings is 1. The van der Waals surface area contributed by atoms with Crippen LogP contribution in [0.15, 0.2) is 16.7 Å². The van der Waals surface area contributed by atoms with Crippen LogP contribution in [0.5, 0.6) is 5.88 Å². The third kappa shape index (κ3) is 3.59. The molecule has 1 aromatic rings. The van der Waals surface area contributed by atoms with Crippen molar-refractivity contribution in [1.29, 1.82) is 0 Å². The van der Waals surface area contributed by atoms with E-state index in [1.54, 1.807) is 6.20 Å². The molecule has 0 radical (unpaired) electrons. The van der Waals surface area contributed by atoms with Gasteiger partial charge in [-0.25, -0.2) is 4.98 Å². The summed E-state index contributed by atoms with van der Waals surface area (Å²) in [6, 6.07) is 1.82. The van der Waals surface area contributed by atoms with Crippen LogP contribution in [-0.2, 0) is 0 Å². The zero-order valence-corrected chi connectivity index (χ0v) is 12.5. The second-order valence-electron chi connectivity index (χ2n) is 5.10. The van der Waals surface area contributed by atoms with Crippen LogP contribution < -0.4 is 4.74 Å². The molecule has 0 N–H and O–H groups in total. The van der Waals surface area contributed by atoms with Gasteiger partial charge in [-0.1, -0.05) is 25.4 Å². The topological polar surface area (TPSA) is 22.1 Å². The van der Waals surface area contributed by atoms with Crippen LogP contribution in [-0.4, -0.2) is 11.1 Å².